The molecule has 1 unspecified atom stereocenters. The number of halogens is 2. The molecule has 102 valence electrons. The molecule has 1 atom stereocenters. The molecule has 0 radical (unpaired) electrons. The largest absolute Gasteiger partial charge is 0.492 e. The summed E-state index contributed by atoms with van der Waals surface area (Å²) in [5, 5.41) is -0.545. The minimum absolute atomic E-state index is 0.0733. The first-order valence-corrected chi connectivity index (χ1v) is 8.86. The summed E-state index contributed by atoms with van der Waals surface area (Å²) in [5.74, 6) is 0.666. The summed E-state index contributed by atoms with van der Waals surface area (Å²) in [6.45, 7) is 2.68. The fraction of sp³-hybridized carbons (Fsp3) is 0.500. The quantitative estimate of drug-likeness (QED) is 0.733. The van der Waals surface area contributed by atoms with Crippen molar-refractivity contribution in [3.63, 3.8) is 0 Å². The summed E-state index contributed by atoms with van der Waals surface area (Å²) in [5.41, 5.74) is 0.762. The lowest BCUT2D eigenvalue weighted by molar-refractivity contribution is 0.315. The van der Waals surface area contributed by atoms with Crippen LogP contribution in [0, 0.1) is 0 Å². The van der Waals surface area contributed by atoms with Gasteiger partial charge in [-0.2, -0.15) is 0 Å². The fourth-order valence-electron chi connectivity index (χ4n) is 1.40. The molecule has 3 nitrogen and oxygen atoms in total. The van der Waals surface area contributed by atoms with Crippen LogP contribution >= 0.6 is 27.5 Å². The van der Waals surface area contributed by atoms with Gasteiger partial charge in [0, 0.05) is 6.26 Å². The number of rotatable bonds is 6. The zero-order valence-corrected chi connectivity index (χ0v) is 13.5. The molecule has 0 aliphatic heterocycles. The standard InChI is InChI=1S/C12H16BrClO3S/c1-3-6-17-12-5-4-9(7-10(12)13)11(14)8-18(2,15)16/h4-5,7,11H,3,6,8H2,1-2H3. The van der Waals surface area contributed by atoms with E-state index in [1.54, 1.807) is 18.2 Å². The second-order valence-electron chi connectivity index (χ2n) is 4.10. The van der Waals surface area contributed by atoms with Crippen LogP contribution in [0.3, 0.4) is 0 Å². The van der Waals surface area contributed by atoms with Gasteiger partial charge in [-0.3, -0.25) is 0 Å². The summed E-state index contributed by atoms with van der Waals surface area (Å²) in [4.78, 5) is 0. The van der Waals surface area contributed by atoms with E-state index in [0.29, 0.717) is 6.61 Å². The van der Waals surface area contributed by atoms with Crippen LogP contribution in [0.1, 0.15) is 24.3 Å². The Bertz CT molecular complexity index is 502. The molecule has 0 spiro atoms. The van der Waals surface area contributed by atoms with Gasteiger partial charge >= 0.3 is 0 Å². The van der Waals surface area contributed by atoms with Gasteiger partial charge in [0.25, 0.3) is 0 Å². The molecule has 0 saturated carbocycles. The molecular weight excluding hydrogens is 340 g/mol. The highest BCUT2D eigenvalue weighted by Gasteiger charge is 2.16. The average molecular weight is 356 g/mol. The number of alkyl halides is 1. The minimum Gasteiger partial charge on any atom is -0.492 e. The summed E-state index contributed by atoms with van der Waals surface area (Å²) < 4.78 is 28.7. The smallest absolute Gasteiger partial charge is 0.149 e. The topological polar surface area (TPSA) is 43.4 Å². The van der Waals surface area contributed by atoms with Gasteiger partial charge in [0.05, 0.1) is 22.2 Å². The van der Waals surface area contributed by atoms with Crippen LogP contribution < -0.4 is 4.74 Å². The van der Waals surface area contributed by atoms with Gasteiger partial charge in [-0.15, -0.1) is 11.6 Å². The Labute approximate surface area is 122 Å². The Morgan fingerprint density at radius 3 is 2.61 bits per heavy atom. The number of ether oxygens (including phenoxy) is 1. The SMILES string of the molecule is CCCOc1ccc(C(Cl)CS(C)(=O)=O)cc1Br. The monoisotopic (exact) mass is 354 g/mol. The number of benzene rings is 1. The Hall–Kier alpha value is -0.260. The van der Waals surface area contributed by atoms with Gasteiger partial charge in [0.1, 0.15) is 15.6 Å². The average Bonchev–Trinajstić information content (AvgIpc) is 2.25. The normalized spacial score (nSPS) is 13.3. The van der Waals surface area contributed by atoms with Crippen molar-refractivity contribution in [1.82, 2.24) is 0 Å². The second-order valence-corrected chi connectivity index (χ2v) is 7.66. The van der Waals surface area contributed by atoms with E-state index in [9.17, 15) is 8.42 Å². The molecule has 1 rings (SSSR count). The van der Waals surface area contributed by atoms with E-state index in [4.69, 9.17) is 16.3 Å². The molecule has 18 heavy (non-hydrogen) atoms. The Balaban J connectivity index is 2.83. The van der Waals surface area contributed by atoms with Crippen LogP contribution in [0.2, 0.25) is 0 Å². The summed E-state index contributed by atoms with van der Waals surface area (Å²) in [7, 11) is -3.09. The molecule has 0 aliphatic rings. The van der Waals surface area contributed by atoms with E-state index < -0.39 is 15.2 Å². The third-order valence-electron chi connectivity index (χ3n) is 2.23. The van der Waals surface area contributed by atoms with Crippen molar-refractivity contribution in [3.8, 4) is 5.75 Å². The van der Waals surface area contributed by atoms with Gasteiger partial charge in [-0.1, -0.05) is 13.0 Å². The molecule has 0 N–H and O–H groups in total. The van der Waals surface area contributed by atoms with Crippen LogP contribution in [0.5, 0.6) is 5.75 Å². The predicted octanol–water partition coefficient (Wildman–Crippen LogP) is 3.56. The summed E-state index contributed by atoms with van der Waals surface area (Å²) in [6, 6.07) is 5.39. The maximum absolute atomic E-state index is 11.2. The number of hydrogen-bond acceptors (Lipinski definition) is 3. The van der Waals surface area contributed by atoms with E-state index in [1.165, 1.54) is 6.26 Å². The fourth-order valence-corrected chi connectivity index (χ4v) is 3.46. The number of hydrogen-bond donors (Lipinski definition) is 0. The zero-order valence-electron chi connectivity index (χ0n) is 10.3. The van der Waals surface area contributed by atoms with E-state index in [2.05, 4.69) is 15.9 Å². The van der Waals surface area contributed by atoms with Gasteiger partial charge in [-0.05, 0) is 40.0 Å². The van der Waals surface area contributed by atoms with E-state index in [0.717, 1.165) is 22.2 Å². The third kappa shape index (κ3) is 5.16. The predicted molar refractivity (Wildman–Crippen MR) is 78.2 cm³/mol. The zero-order chi connectivity index (χ0) is 13.8. The van der Waals surface area contributed by atoms with Crippen LogP contribution in [0.25, 0.3) is 0 Å². The number of sulfone groups is 1. The minimum atomic E-state index is -3.09. The van der Waals surface area contributed by atoms with E-state index >= 15 is 0 Å². The molecule has 0 amide bonds. The second kappa shape index (κ2) is 6.78. The molecule has 0 aliphatic carbocycles. The van der Waals surface area contributed by atoms with Crippen molar-refractivity contribution in [2.24, 2.45) is 0 Å². The maximum Gasteiger partial charge on any atom is 0.149 e. The van der Waals surface area contributed by atoms with Crippen molar-refractivity contribution >= 4 is 37.4 Å². The van der Waals surface area contributed by atoms with Gasteiger partial charge in [0.2, 0.25) is 0 Å². The van der Waals surface area contributed by atoms with Crippen molar-refractivity contribution in [2.45, 2.75) is 18.7 Å². The Morgan fingerprint density at radius 2 is 2.11 bits per heavy atom. The van der Waals surface area contributed by atoms with Gasteiger partial charge in [-0.25, -0.2) is 8.42 Å². The van der Waals surface area contributed by atoms with E-state index in [1.807, 2.05) is 6.92 Å². The lowest BCUT2D eigenvalue weighted by Crippen LogP contribution is -2.09. The lowest BCUT2D eigenvalue weighted by Gasteiger charge is -2.12. The molecular formula is C12H16BrClO3S. The molecule has 1 aromatic rings. The van der Waals surface area contributed by atoms with Gasteiger partial charge in [0.15, 0.2) is 0 Å². The van der Waals surface area contributed by atoms with Crippen LogP contribution in [-0.2, 0) is 9.84 Å². The highest BCUT2D eigenvalue weighted by atomic mass is 79.9. The molecule has 0 bridgehead atoms. The van der Waals surface area contributed by atoms with Crippen LogP contribution in [0.4, 0.5) is 0 Å². The molecule has 0 heterocycles. The first-order chi connectivity index (χ1) is 8.33. The highest BCUT2D eigenvalue weighted by molar-refractivity contribution is 9.10. The first kappa shape index (κ1) is 15.8. The molecule has 6 heteroatoms. The lowest BCUT2D eigenvalue weighted by atomic mass is 10.1. The van der Waals surface area contributed by atoms with Crippen LogP contribution in [0.15, 0.2) is 22.7 Å². The van der Waals surface area contributed by atoms with Crippen molar-refractivity contribution < 1.29 is 13.2 Å². The maximum atomic E-state index is 11.2. The molecule has 0 saturated heterocycles. The molecule has 0 fully saturated rings. The summed E-state index contributed by atoms with van der Waals surface area (Å²) >= 11 is 9.47. The third-order valence-corrected chi connectivity index (χ3v) is 4.38. The van der Waals surface area contributed by atoms with Gasteiger partial charge < -0.3 is 4.74 Å². The molecule has 0 aromatic heterocycles. The Morgan fingerprint density at radius 1 is 1.44 bits per heavy atom. The van der Waals surface area contributed by atoms with E-state index in [-0.39, 0.29) is 5.75 Å². The highest BCUT2D eigenvalue weighted by Crippen LogP contribution is 2.31. The summed E-state index contributed by atoms with van der Waals surface area (Å²) in [6.07, 6.45) is 2.11. The van der Waals surface area contributed by atoms with Crippen molar-refractivity contribution in [2.75, 3.05) is 18.6 Å². The Kier molecular flexibility index (Phi) is 5.95. The van der Waals surface area contributed by atoms with Crippen molar-refractivity contribution in [3.05, 3.63) is 28.2 Å². The van der Waals surface area contributed by atoms with Crippen molar-refractivity contribution in [1.29, 1.82) is 0 Å². The molecule has 1 aromatic carbocycles. The van der Waals surface area contributed by atoms with Crippen LogP contribution in [-0.4, -0.2) is 27.0 Å². The first-order valence-electron chi connectivity index (χ1n) is 5.57.